The standard InChI is InChI=1S/C12H6BrFN4O/c1-19-11-3-8(14)2-9(13)12(11)18-10(6-17)7(4-15)5-16/h2-3,18H,1H3. The molecule has 0 aromatic heterocycles. The van der Waals surface area contributed by atoms with E-state index in [1.165, 1.54) is 7.11 Å². The van der Waals surface area contributed by atoms with E-state index in [1.54, 1.807) is 18.2 Å². The van der Waals surface area contributed by atoms with Crippen LogP contribution in [-0.2, 0) is 0 Å². The predicted octanol–water partition coefficient (Wildman–Crippen LogP) is 2.83. The fourth-order valence-corrected chi connectivity index (χ4v) is 1.75. The van der Waals surface area contributed by atoms with Crippen molar-refractivity contribution < 1.29 is 9.13 Å². The summed E-state index contributed by atoms with van der Waals surface area (Å²) in [4.78, 5) is 0. The second-order valence-corrected chi connectivity index (χ2v) is 4.03. The zero-order chi connectivity index (χ0) is 14.4. The number of nitrogens with zero attached hydrogens (tertiary/aromatic N) is 3. The van der Waals surface area contributed by atoms with Crippen molar-refractivity contribution >= 4 is 21.6 Å². The molecule has 0 bridgehead atoms. The maximum atomic E-state index is 13.2. The van der Waals surface area contributed by atoms with Crippen LogP contribution in [0.15, 0.2) is 27.9 Å². The molecular weight excluding hydrogens is 315 g/mol. The van der Waals surface area contributed by atoms with Gasteiger partial charge >= 0.3 is 0 Å². The first-order chi connectivity index (χ1) is 9.07. The molecule has 1 rings (SSSR count). The summed E-state index contributed by atoms with van der Waals surface area (Å²) in [6.45, 7) is 0. The van der Waals surface area contributed by atoms with Crippen LogP contribution in [0.4, 0.5) is 10.1 Å². The van der Waals surface area contributed by atoms with Gasteiger partial charge in [0.2, 0.25) is 0 Å². The predicted molar refractivity (Wildman–Crippen MR) is 68.1 cm³/mol. The van der Waals surface area contributed by atoms with E-state index in [1.807, 2.05) is 0 Å². The van der Waals surface area contributed by atoms with Gasteiger partial charge in [0.1, 0.15) is 35.5 Å². The van der Waals surface area contributed by atoms with Gasteiger partial charge in [0.15, 0.2) is 5.57 Å². The van der Waals surface area contributed by atoms with Crippen molar-refractivity contribution in [1.29, 1.82) is 15.8 Å². The molecule has 7 heteroatoms. The average Bonchev–Trinajstić information content (AvgIpc) is 2.40. The van der Waals surface area contributed by atoms with Gasteiger partial charge < -0.3 is 10.1 Å². The van der Waals surface area contributed by atoms with Crippen LogP contribution in [0.3, 0.4) is 0 Å². The number of allylic oxidation sites excluding steroid dienone is 2. The van der Waals surface area contributed by atoms with E-state index in [0.717, 1.165) is 12.1 Å². The highest BCUT2D eigenvalue weighted by Crippen LogP contribution is 2.34. The maximum Gasteiger partial charge on any atom is 0.163 e. The minimum absolute atomic E-state index is 0.134. The monoisotopic (exact) mass is 320 g/mol. The van der Waals surface area contributed by atoms with E-state index >= 15 is 0 Å². The fraction of sp³-hybridized carbons (Fsp3) is 0.0833. The number of methoxy groups -OCH3 is 1. The summed E-state index contributed by atoms with van der Waals surface area (Å²) in [5.74, 6) is -0.396. The first-order valence-electron chi connectivity index (χ1n) is 4.82. The van der Waals surface area contributed by atoms with Crippen molar-refractivity contribution in [2.24, 2.45) is 0 Å². The molecule has 0 amide bonds. The number of nitrogens with one attached hydrogen (secondary N) is 1. The van der Waals surface area contributed by atoms with Crippen molar-refractivity contribution in [2.75, 3.05) is 12.4 Å². The summed E-state index contributed by atoms with van der Waals surface area (Å²) >= 11 is 3.11. The summed E-state index contributed by atoms with van der Waals surface area (Å²) in [5.41, 5.74) is -0.361. The summed E-state index contributed by atoms with van der Waals surface area (Å²) in [7, 11) is 1.33. The second kappa shape index (κ2) is 6.39. The van der Waals surface area contributed by atoms with E-state index in [-0.39, 0.29) is 22.7 Å². The Morgan fingerprint density at radius 3 is 2.37 bits per heavy atom. The lowest BCUT2D eigenvalue weighted by Crippen LogP contribution is -2.03. The van der Waals surface area contributed by atoms with Crippen molar-refractivity contribution in [2.45, 2.75) is 0 Å². The molecule has 0 spiro atoms. The number of hydrogen-bond acceptors (Lipinski definition) is 5. The molecule has 1 N–H and O–H groups in total. The Bertz CT molecular complexity index is 648. The highest BCUT2D eigenvalue weighted by molar-refractivity contribution is 9.10. The number of halogens is 2. The summed E-state index contributed by atoms with van der Waals surface area (Å²) in [6.07, 6.45) is 0. The lowest BCUT2D eigenvalue weighted by Gasteiger charge is -2.12. The van der Waals surface area contributed by atoms with E-state index in [4.69, 9.17) is 20.5 Å². The second-order valence-electron chi connectivity index (χ2n) is 3.18. The summed E-state index contributed by atoms with van der Waals surface area (Å²) in [6, 6.07) is 7.16. The molecule has 19 heavy (non-hydrogen) atoms. The van der Waals surface area contributed by atoms with E-state index in [9.17, 15) is 4.39 Å². The molecule has 1 aromatic rings. The Labute approximate surface area is 117 Å². The average molecular weight is 321 g/mol. The van der Waals surface area contributed by atoms with Gasteiger partial charge in [-0.2, -0.15) is 15.8 Å². The number of rotatable bonds is 3. The van der Waals surface area contributed by atoms with E-state index < -0.39 is 5.82 Å². The zero-order valence-electron chi connectivity index (χ0n) is 9.66. The molecule has 0 heterocycles. The highest BCUT2D eigenvalue weighted by Gasteiger charge is 2.14. The number of hydrogen-bond donors (Lipinski definition) is 1. The molecule has 5 nitrogen and oxygen atoms in total. The fourth-order valence-electron chi connectivity index (χ4n) is 1.24. The maximum absolute atomic E-state index is 13.2. The van der Waals surface area contributed by atoms with Crippen LogP contribution in [0.25, 0.3) is 0 Å². The van der Waals surface area contributed by atoms with Crippen molar-refractivity contribution in [3.8, 4) is 24.0 Å². The smallest absolute Gasteiger partial charge is 0.163 e. The molecule has 0 unspecified atom stereocenters. The molecule has 0 aliphatic rings. The lowest BCUT2D eigenvalue weighted by atomic mass is 10.2. The third kappa shape index (κ3) is 3.22. The number of benzene rings is 1. The van der Waals surface area contributed by atoms with Crippen LogP contribution in [0.1, 0.15) is 0 Å². The zero-order valence-corrected chi connectivity index (χ0v) is 11.2. The molecule has 0 atom stereocenters. The van der Waals surface area contributed by atoms with Crippen molar-refractivity contribution in [3.63, 3.8) is 0 Å². The van der Waals surface area contributed by atoms with E-state index in [2.05, 4.69) is 21.2 Å². The number of nitriles is 3. The molecule has 94 valence electrons. The number of ether oxygens (including phenoxy) is 1. The van der Waals surface area contributed by atoms with Crippen LogP contribution >= 0.6 is 15.9 Å². The molecule has 0 fully saturated rings. The Balaban J connectivity index is 3.36. The van der Waals surface area contributed by atoms with Crippen LogP contribution in [0.2, 0.25) is 0 Å². The summed E-state index contributed by atoms with van der Waals surface area (Å²) in [5, 5.41) is 28.9. The van der Waals surface area contributed by atoms with Crippen LogP contribution < -0.4 is 10.1 Å². The normalized spacial score (nSPS) is 8.63. The van der Waals surface area contributed by atoms with Gasteiger partial charge in [0.25, 0.3) is 0 Å². The van der Waals surface area contributed by atoms with Gasteiger partial charge in [-0.1, -0.05) is 0 Å². The van der Waals surface area contributed by atoms with Crippen LogP contribution in [-0.4, -0.2) is 7.11 Å². The molecule has 0 aliphatic carbocycles. The Morgan fingerprint density at radius 1 is 1.26 bits per heavy atom. The third-order valence-electron chi connectivity index (χ3n) is 2.07. The Kier molecular flexibility index (Phi) is 4.88. The van der Waals surface area contributed by atoms with Gasteiger partial charge in [-0.25, -0.2) is 4.39 Å². The minimum Gasteiger partial charge on any atom is -0.494 e. The van der Waals surface area contributed by atoms with Gasteiger partial charge in [0.05, 0.1) is 12.8 Å². The minimum atomic E-state index is -0.530. The first kappa shape index (κ1) is 14.5. The summed E-state index contributed by atoms with van der Waals surface area (Å²) < 4.78 is 18.5. The van der Waals surface area contributed by atoms with Crippen molar-refractivity contribution in [3.05, 3.63) is 33.7 Å². The van der Waals surface area contributed by atoms with Gasteiger partial charge in [-0.3, -0.25) is 0 Å². The molecule has 1 aromatic carbocycles. The lowest BCUT2D eigenvalue weighted by molar-refractivity contribution is 0.413. The Morgan fingerprint density at radius 2 is 1.89 bits per heavy atom. The van der Waals surface area contributed by atoms with Gasteiger partial charge in [-0.15, -0.1) is 0 Å². The number of anilines is 1. The quantitative estimate of drug-likeness (QED) is 0.864. The third-order valence-corrected chi connectivity index (χ3v) is 2.70. The van der Waals surface area contributed by atoms with Crippen molar-refractivity contribution in [1.82, 2.24) is 0 Å². The first-order valence-corrected chi connectivity index (χ1v) is 5.61. The molecular formula is C12H6BrFN4O. The molecule has 0 saturated heterocycles. The molecule has 0 saturated carbocycles. The molecule has 0 radical (unpaired) electrons. The highest BCUT2D eigenvalue weighted by atomic mass is 79.9. The van der Waals surface area contributed by atoms with E-state index in [0.29, 0.717) is 4.47 Å². The van der Waals surface area contributed by atoms with Crippen LogP contribution in [0.5, 0.6) is 5.75 Å². The van der Waals surface area contributed by atoms with Gasteiger partial charge in [-0.05, 0) is 22.0 Å². The Hall–Kier alpha value is -2.56. The topological polar surface area (TPSA) is 92.6 Å². The molecule has 0 aliphatic heterocycles. The van der Waals surface area contributed by atoms with Crippen LogP contribution in [0, 0.1) is 39.8 Å². The SMILES string of the molecule is COc1cc(F)cc(Br)c1NC(C#N)=C(C#N)C#N. The van der Waals surface area contributed by atoms with Gasteiger partial charge in [0, 0.05) is 10.5 Å². The largest absolute Gasteiger partial charge is 0.494 e.